The van der Waals surface area contributed by atoms with Crippen molar-refractivity contribution in [3.05, 3.63) is 47.5 Å². The average molecular weight is 326 g/mol. The number of nitrogens with zero attached hydrogens (tertiary/aromatic N) is 4. The first kappa shape index (κ1) is 16.3. The van der Waals surface area contributed by atoms with Crippen LogP contribution in [0.1, 0.15) is 21.6 Å². The van der Waals surface area contributed by atoms with Crippen LogP contribution in [-0.2, 0) is 12.7 Å². The van der Waals surface area contributed by atoms with Gasteiger partial charge in [-0.3, -0.25) is 9.78 Å². The summed E-state index contributed by atoms with van der Waals surface area (Å²) in [6, 6.07) is 1.87. The van der Waals surface area contributed by atoms with E-state index in [9.17, 15) is 27.9 Å². The molecule has 0 unspecified atom stereocenters. The molecule has 2 aromatic rings. The minimum Gasteiger partial charge on any atom is -0.465 e. The number of carbonyl (C=O) groups is 2. The predicted molar refractivity (Wildman–Crippen MR) is 70.9 cm³/mol. The Balaban J connectivity index is 2.22. The maximum absolute atomic E-state index is 12.4. The number of hydrogen-bond donors (Lipinski definition) is 1. The Hall–Kier alpha value is -3.04. The molecule has 0 aliphatic rings. The van der Waals surface area contributed by atoms with Crippen molar-refractivity contribution in [3.63, 3.8) is 0 Å². The fourth-order valence-corrected chi connectivity index (χ4v) is 1.62. The number of aldehydes is 1. The molecule has 0 atom stereocenters. The van der Waals surface area contributed by atoms with Crippen LogP contribution in [-0.4, -0.2) is 32.4 Å². The van der Waals surface area contributed by atoms with E-state index in [2.05, 4.69) is 15.0 Å². The highest BCUT2D eigenvalue weighted by Gasteiger charge is 2.32. The van der Waals surface area contributed by atoms with Crippen molar-refractivity contribution in [1.29, 1.82) is 0 Å². The lowest BCUT2D eigenvalue weighted by Gasteiger charge is -2.17. The molecule has 0 spiro atoms. The van der Waals surface area contributed by atoms with E-state index in [1.54, 1.807) is 0 Å². The second-order valence-electron chi connectivity index (χ2n) is 4.35. The molecule has 2 heterocycles. The summed E-state index contributed by atoms with van der Waals surface area (Å²) in [5, 5.41) is 9.17. The second kappa shape index (κ2) is 6.38. The molecule has 0 saturated carbocycles. The van der Waals surface area contributed by atoms with Gasteiger partial charge in [-0.15, -0.1) is 0 Å². The molecule has 1 N–H and O–H groups in total. The zero-order valence-corrected chi connectivity index (χ0v) is 11.4. The monoisotopic (exact) mass is 326 g/mol. The normalized spacial score (nSPS) is 11.1. The van der Waals surface area contributed by atoms with E-state index < -0.39 is 18.0 Å². The minimum absolute atomic E-state index is 0.162. The summed E-state index contributed by atoms with van der Waals surface area (Å²) in [6.07, 6.45) is -2.28. The molecule has 0 aromatic carbocycles. The van der Waals surface area contributed by atoms with Crippen molar-refractivity contribution < 1.29 is 27.9 Å². The van der Waals surface area contributed by atoms with Crippen molar-refractivity contribution >= 4 is 18.3 Å². The number of anilines is 1. The van der Waals surface area contributed by atoms with Crippen LogP contribution in [0.5, 0.6) is 0 Å². The molecule has 0 radical (unpaired) electrons. The molecule has 0 saturated heterocycles. The number of pyridine rings is 1. The van der Waals surface area contributed by atoms with Gasteiger partial charge in [0.2, 0.25) is 5.95 Å². The third kappa shape index (κ3) is 3.99. The topological polar surface area (TPSA) is 96.3 Å². The lowest BCUT2D eigenvalue weighted by atomic mass is 10.2. The summed E-state index contributed by atoms with van der Waals surface area (Å²) in [4.78, 5) is 33.2. The quantitative estimate of drug-likeness (QED) is 0.867. The van der Waals surface area contributed by atoms with E-state index in [4.69, 9.17) is 0 Å². The zero-order valence-electron chi connectivity index (χ0n) is 11.4. The number of rotatable bonds is 4. The van der Waals surface area contributed by atoms with Crippen molar-refractivity contribution in [2.45, 2.75) is 12.7 Å². The van der Waals surface area contributed by atoms with Gasteiger partial charge in [-0.2, -0.15) is 13.2 Å². The third-order valence-corrected chi connectivity index (χ3v) is 2.72. The molecule has 0 fully saturated rings. The Morgan fingerprint density at radius 3 is 2.26 bits per heavy atom. The largest absolute Gasteiger partial charge is 0.465 e. The Labute approximate surface area is 127 Å². The standard InChI is InChI=1S/C13H9F3N4O3/c14-13(15,16)10-2-1-8(3-17-10)6-20(12(22)23)11-18-4-9(7-21)5-19-11/h1-5,7H,6H2,(H,22,23). The van der Waals surface area contributed by atoms with Gasteiger partial charge < -0.3 is 5.11 Å². The minimum atomic E-state index is -4.57. The van der Waals surface area contributed by atoms with Crippen LogP contribution in [0.3, 0.4) is 0 Å². The van der Waals surface area contributed by atoms with Gasteiger partial charge in [-0.25, -0.2) is 19.7 Å². The molecule has 2 rings (SSSR count). The molecule has 7 nitrogen and oxygen atoms in total. The van der Waals surface area contributed by atoms with Gasteiger partial charge in [0.1, 0.15) is 5.69 Å². The van der Waals surface area contributed by atoms with Crippen molar-refractivity contribution in [2.75, 3.05) is 4.90 Å². The molecule has 0 aliphatic heterocycles. The van der Waals surface area contributed by atoms with Crippen LogP contribution in [0.25, 0.3) is 0 Å². The first-order valence-corrected chi connectivity index (χ1v) is 6.11. The molecule has 120 valence electrons. The first-order chi connectivity index (χ1) is 10.8. The fraction of sp³-hybridized carbons (Fsp3) is 0.154. The molecule has 0 bridgehead atoms. The van der Waals surface area contributed by atoms with Crippen LogP contribution in [0.4, 0.5) is 23.9 Å². The molecular weight excluding hydrogens is 317 g/mol. The number of aromatic nitrogens is 3. The Morgan fingerprint density at radius 2 is 1.83 bits per heavy atom. The van der Waals surface area contributed by atoms with E-state index in [0.717, 1.165) is 35.6 Å². The number of amides is 1. The fourth-order valence-electron chi connectivity index (χ4n) is 1.62. The van der Waals surface area contributed by atoms with Gasteiger partial charge in [-0.05, 0) is 11.6 Å². The molecule has 1 amide bonds. The number of alkyl halides is 3. The van der Waals surface area contributed by atoms with Crippen LogP contribution in [0, 0.1) is 0 Å². The second-order valence-corrected chi connectivity index (χ2v) is 4.35. The van der Waals surface area contributed by atoms with Crippen molar-refractivity contribution in [3.8, 4) is 0 Å². The van der Waals surface area contributed by atoms with Crippen LogP contribution >= 0.6 is 0 Å². The van der Waals surface area contributed by atoms with Crippen LogP contribution in [0.2, 0.25) is 0 Å². The SMILES string of the molecule is O=Cc1cnc(N(Cc2ccc(C(F)(F)F)nc2)C(=O)O)nc1. The first-order valence-electron chi connectivity index (χ1n) is 6.11. The lowest BCUT2D eigenvalue weighted by molar-refractivity contribution is -0.141. The Kier molecular flexibility index (Phi) is 4.53. The van der Waals surface area contributed by atoms with E-state index in [1.165, 1.54) is 0 Å². The van der Waals surface area contributed by atoms with E-state index in [1.807, 2.05) is 0 Å². The molecule has 10 heteroatoms. The number of halogens is 3. The summed E-state index contributed by atoms with van der Waals surface area (Å²) in [7, 11) is 0. The highest BCUT2D eigenvalue weighted by atomic mass is 19.4. The zero-order chi connectivity index (χ0) is 17.0. The summed E-state index contributed by atoms with van der Waals surface area (Å²) >= 11 is 0. The number of carbonyl (C=O) groups excluding carboxylic acids is 1. The maximum Gasteiger partial charge on any atom is 0.433 e. The van der Waals surface area contributed by atoms with E-state index >= 15 is 0 Å². The predicted octanol–water partition coefficient (Wildman–Crippen LogP) is 2.39. The maximum atomic E-state index is 12.4. The Bertz CT molecular complexity index is 702. The van der Waals surface area contributed by atoms with Crippen molar-refractivity contribution in [2.24, 2.45) is 0 Å². The van der Waals surface area contributed by atoms with Gasteiger partial charge in [-0.1, -0.05) is 6.07 Å². The van der Waals surface area contributed by atoms with Crippen molar-refractivity contribution in [1.82, 2.24) is 15.0 Å². The van der Waals surface area contributed by atoms with Crippen LogP contribution < -0.4 is 4.90 Å². The Morgan fingerprint density at radius 1 is 1.17 bits per heavy atom. The summed E-state index contributed by atoms with van der Waals surface area (Å²) in [5.41, 5.74) is -0.687. The smallest absolute Gasteiger partial charge is 0.433 e. The van der Waals surface area contributed by atoms with E-state index in [0.29, 0.717) is 6.29 Å². The van der Waals surface area contributed by atoms with Gasteiger partial charge in [0, 0.05) is 18.6 Å². The van der Waals surface area contributed by atoms with Gasteiger partial charge >= 0.3 is 12.3 Å². The third-order valence-electron chi connectivity index (χ3n) is 2.72. The molecule has 0 aliphatic carbocycles. The average Bonchev–Trinajstić information content (AvgIpc) is 2.52. The molecule has 2 aromatic heterocycles. The highest BCUT2D eigenvalue weighted by molar-refractivity contribution is 5.83. The highest BCUT2D eigenvalue weighted by Crippen LogP contribution is 2.27. The van der Waals surface area contributed by atoms with Gasteiger partial charge in [0.05, 0.1) is 12.1 Å². The molecular formula is C13H9F3N4O3. The molecule has 23 heavy (non-hydrogen) atoms. The van der Waals surface area contributed by atoms with E-state index in [-0.39, 0.29) is 23.6 Å². The van der Waals surface area contributed by atoms with Gasteiger partial charge in [0.15, 0.2) is 6.29 Å². The summed E-state index contributed by atoms with van der Waals surface area (Å²) in [5.74, 6) is -0.206. The number of hydrogen-bond acceptors (Lipinski definition) is 5. The van der Waals surface area contributed by atoms with Gasteiger partial charge in [0.25, 0.3) is 0 Å². The summed E-state index contributed by atoms with van der Waals surface area (Å²) < 4.78 is 37.3. The summed E-state index contributed by atoms with van der Waals surface area (Å²) in [6.45, 7) is -0.291. The lowest BCUT2D eigenvalue weighted by Crippen LogP contribution is -2.30. The number of carboxylic acid groups (broad SMARTS) is 1. The van der Waals surface area contributed by atoms with Crippen LogP contribution in [0.15, 0.2) is 30.7 Å².